The molecule has 2 atom stereocenters. The van der Waals surface area contributed by atoms with Crippen LogP contribution in [0, 0.1) is 24.0 Å². The van der Waals surface area contributed by atoms with Gasteiger partial charge in [-0.3, -0.25) is 12.2 Å². The van der Waals surface area contributed by atoms with E-state index < -0.39 is 20.2 Å². The molecule has 0 N–H and O–H groups in total. The zero-order valence-electron chi connectivity index (χ0n) is 13.6. The predicted octanol–water partition coefficient (Wildman–Crippen LogP) is 6.32. The molecule has 0 unspecified atom stereocenters. The van der Waals surface area contributed by atoms with Crippen molar-refractivity contribution < 1.29 is 26.4 Å². The molecule has 4 aliphatic carbocycles. The number of halogens is 2. The number of rotatable bonds is 3. The van der Waals surface area contributed by atoms with Gasteiger partial charge in [-0.2, -0.15) is 22.3 Å². The van der Waals surface area contributed by atoms with Crippen LogP contribution in [-0.4, -0.2) is 0 Å². The molecule has 0 fully saturated rings. The van der Waals surface area contributed by atoms with Gasteiger partial charge in [0.1, 0.15) is 0 Å². The van der Waals surface area contributed by atoms with Gasteiger partial charge in [0, 0.05) is 0 Å². The van der Waals surface area contributed by atoms with Gasteiger partial charge in [0.25, 0.3) is 0 Å². The van der Waals surface area contributed by atoms with Gasteiger partial charge in [-0.05, 0) is 12.8 Å². The monoisotopic (exact) mass is 350 g/mol. The molecule has 0 amide bonds. The first-order chi connectivity index (χ1) is 11.3. The van der Waals surface area contributed by atoms with Crippen LogP contribution in [0.1, 0.15) is 64.2 Å². The molecular formula is C20H24F2Ti-2. The number of hydrogen-bond donors (Lipinski definition) is 0. The molecule has 0 radical (unpaired) electrons. The molecule has 23 heavy (non-hydrogen) atoms. The second-order valence-electron chi connectivity index (χ2n) is 6.89. The van der Waals surface area contributed by atoms with Crippen LogP contribution in [0.15, 0.2) is 34.4 Å². The summed E-state index contributed by atoms with van der Waals surface area (Å²) in [6.07, 6.45) is 25.3. The second kappa shape index (κ2) is 8.58. The topological polar surface area (TPSA) is 0 Å². The molecule has 0 aromatic heterocycles. The van der Waals surface area contributed by atoms with E-state index in [1.165, 1.54) is 64.2 Å². The van der Waals surface area contributed by atoms with Crippen molar-refractivity contribution in [1.29, 1.82) is 0 Å². The normalized spacial score (nSPS) is 28.4. The van der Waals surface area contributed by atoms with E-state index in [1.807, 2.05) is 0 Å². The average molecular weight is 350 g/mol. The fourth-order valence-corrected chi connectivity index (χ4v) is 4.48. The van der Waals surface area contributed by atoms with Crippen LogP contribution in [0.4, 0.5) is 6.18 Å². The van der Waals surface area contributed by atoms with Gasteiger partial charge in [0.15, 0.2) is 0 Å². The Hall–Kier alpha value is -0.466. The molecule has 0 aromatic carbocycles. The minimum absolute atomic E-state index is 0.639. The zero-order chi connectivity index (χ0) is 16.1. The fraction of sp³-hybridized carbons (Fsp3) is 0.600. The van der Waals surface area contributed by atoms with Crippen molar-refractivity contribution in [2.75, 3.05) is 0 Å². The van der Waals surface area contributed by atoms with Gasteiger partial charge < -0.3 is 0 Å². The Morgan fingerprint density at radius 3 is 1.61 bits per heavy atom. The molecular weight excluding hydrogens is 326 g/mol. The first kappa shape index (κ1) is 17.4. The van der Waals surface area contributed by atoms with Crippen LogP contribution in [0.2, 0.25) is 0 Å². The van der Waals surface area contributed by atoms with Crippen molar-refractivity contribution in [3.8, 4) is 0 Å². The van der Waals surface area contributed by atoms with Gasteiger partial charge in [-0.25, -0.2) is 12.2 Å². The van der Waals surface area contributed by atoms with E-state index in [-0.39, 0.29) is 0 Å². The summed E-state index contributed by atoms with van der Waals surface area (Å²) in [5.74, 6) is 1.28. The SMILES string of the molecule is [C-]1=CC2=C(CCCC2)[C@@H]1CC[C@@H]1[C-]=CC2=C1CCCC2.[F][Ti][F]. The molecule has 0 aliphatic heterocycles. The van der Waals surface area contributed by atoms with Crippen molar-refractivity contribution in [3.05, 3.63) is 46.6 Å². The zero-order valence-corrected chi connectivity index (χ0v) is 15.2. The third kappa shape index (κ3) is 4.14. The molecule has 4 rings (SSSR count). The van der Waals surface area contributed by atoms with E-state index in [0.717, 1.165) is 0 Å². The van der Waals surface area contributed by atoms with Crippen LogP contribution in [0.5, 0.6) is 0 Å². The van der Waals surface area contributed by atoms with Gasteiger partial charge in [0.2, 0.25) is 0 Å². The molecule has 0 saturated heterocycles. The molecule has 0 saturated carbocycles. The average Bonchev–Trinajstić information content (AvgIpc) is 3.18. The Morgan fingerprint density at radius 1 is 0.783 bits per heavy atom. The van der Waals surface area contributed by atoms with Gasteiger partial charge in [0.05, 0.1) is 0 Å². The second-order valence-corrected chi connectivity index (χ2v) is 7.11. The van der Waals surface area contributed by atoms with Crippen LogP contribution < -0.4 is 0 Å². The Bertz CT molecular complexity index is 494. The molecule has 0 spiro atoms. The van der Waals surface area contributed by atoms with Crippen molar-refractivity contribution in [3.63, 3.8) is 0 Å². The van der Waals surface area contributed by atoms with Crippen molar-refractivity contribution in [2.24, 2.45) is 11.8 Å². The fourth-order valence-electron chi connectivity index (χ4n) is 4.48. The maximum absolute atomic E-state index is 9.75. The molecule has 0 heterocycles. The Balaban J connectivity index is 0.000000485. The molecule has 3 heteroatoms. The summed E-state index contributed by atoms with van der Waals surface area (Å²) in [5.41, 5.74) is 6.72. The van der Waals surface area contributed by atoms with Crippen LogP contribution in [0.25, 0.3) is 0 Å². The Kier molecular flexibility index (Phi) is 6.47. The van der Waals surface area contributed by atoms with E-state index in [1.54, 1.807) is 22.3 Å². The summed E-state index contributed by atoms with van der Waals surface area (Å²) in [5, 5.41) is 0. The van der Waals surface area contributed by atoms with Crippen LogP contribution in [-0.2, 0) is 20.2 Å². The summed E-state index contributed by atoms with van der Waals surface area (Å²) in [6, 6.07) is 0. The predicted molar refractivity (Wildman–Crippen MR) is 85.0 cm³/mol. The molecule has 0 nitrogen and oxygen atoms in total. The Morgan fingerprint density at radius 2 is 1.17 bits per heavy atom. The van der Waals surface area contributed by atoms with Gasteiger partial charge >= 0.3 is 26.4 Å². The molecule has 4 aliphatic rings. The molecule has 0 aromatic rings. The molecule has 124 valence electrons. The quantitative estimate of drug-likeness (QED) is 0.412. The van der Waals surface area contributed by atoms with E-state index in [2.05, 4.69) is 24.3 Å². The van der Waals surface area contributed by atoms with Crippen molar-refractivity contribution in [1.82, 2.24) is 0 Å². The third-order valence-corrected chi connectivity index (χ3v) is 5.61. The summed E-state index contributed by atoms with van der Waals surface area (Å²) < 4.78 is 19.5. The Labute approximate surface area is 149 Å². The first-order valence-corrected chi connectivity index (χ1v) is 10.1. The van der Waals surface area contributed by atoms with Crippen molar-refractivity contribution in [2.45, 2.75) is 64.2 Å². The van der Waals surface area contributed by atoms with Crippen LogP contribution in [0.3, 0.4) is 0 Å². The third-order valence-electron chi connectivity index (χ3n) is 5.61. The maximum atomic E-state index is 9.75. The number of hydrogen-bond acceptors (Lipinski definition) is 0. The summed E-state index contributed by atoms with van der Waals surface area (Å²) in [6.45, 7) is 0. The van der Waals surface area contributed by atoms with Crippen molar-refractivity contribution >= 4 is 0 Å². The standard InChI is InChI=1S/C20H24.2FH.Ti/c1-3-7-19-15(5-1)9-11-17(19)13-14-18-12-10-16-6-2-4-8-20(16)18;;;/h9-10,17-18H,1-8,13-14H2;2*1H;/q-2;;;+2/p-2/t17-,18-;;;/m0.../s1. The van der Waals surface area contributed by atoms with Gasteiger partial charge in [-0.1, -0.05) is 63.2 Å². The van der Waals surface area contributed by atoms with Gasteiger partial charge in [-0.15, -0.1) is 0 Å². The first-order valence-electron chi connectivity index (χ1n) is 8.92. The van der Waals surface area contributed by atoms with Crippen LogP contribution >= 0.6 is 0 Å². The summed E-state index contributed by atoms with van der Waals surface area (Å²) in [4.78, 5) is 0. The van der Waals surface area contributed by atoms with E-state index in [4.69, 9.17) is 0 Å². The van der Waals surface area contributed by atoms with E-state index in [9.17, 15) is 6.18 Å². The minimum atomic E-state index is -2.50. The van der Waals surface area contributed by atoms with E-state index in [0.29, 0.717) is 11.8 Å². The van der Waals surface area contributed by atoms with E-state index >= 15 is 0 Å². The summed E-state index contributed by atoms with van der Waals surface area (Å²) in [7, 11) is 0. The number of allylic oxidation sites excluding steroid dienone is 8. The summed E-state index contributed by atoms with van der Waals surface area (Å²) >= 11 is -2.50. The molecule has 0 bridgehead atoms.